The second-order valence-corrected chi connectivity index (χ2v) is 12.7. The molecule has 5 heteroatoms. The van der Waals surface area contributed by atoms with E-state index < -0.39 is 14.0 Å². The molecule has 2 rings (SSSR count). The van der Waals surface area contributed by atoms with Crippen LogP contribution in [0.2, 0.25) is 18.1 Å². The first-order chi connectivity index (χ1) is 13.5. The minimum atomic E-state index is -1.55. The summed E-state index contributed by atoms with van der Waals surface area (Å²) in [5, 5.41) is 0. The quantitative estimate of drug-likeness (QED) is 0.411. The highest BCUT2D eigenvalue weighted by Crippen LogP contribution is 2.36. The molecule has 0 fully saturated rings. The molecule has 158 valence electrons. The molecule has 0 N–H and O–H groups in total. The molecule has 4 nitrogen and oxygen atoms in total. The minimum absolute atomic E-state index is 0.0423. The topological polar surface area (TPSA) is 40.0 Å². The van der Waals surface area contributed by atoms with E-state index in [0.29, 0.717) is 6.10 Å². The summed E-state index contributed by atoms with van der Waals surface area (Å²) in [6.07, 6.45) is 3.94. The molecule has 1 aromatic carbocycles. The van der Waals surface area contributed by atoms with Gasteiger partial charge >= 0.3 is 0 Å². The van der Waals surface area contributed by atoms with Gasteiger partial charge < -0.3 is 13.9 Å². The third-order valence-corrected chi connectivity index (χ3v) is 11.2. The van der Waals surface area contributed by atoms with E-state index in [1.807, 2.05) is 6.07 Å². The van der Waals surface area contributed by atoms with Gasteiger partial charge in [-0.2, -0.15) is 0 Å². The van der Waals surface area contributed by atoms with Crippen molar-refractivity contribution in [3.8, 4) is 0 Å². The van der Waals surface area contributed by atoms with E-state index in [1.165, 1.54) is 18.1 Å². The molecule has 0 spiro atoms. The Bertz CT molecular complexity index is 609. The second kappa shape index (κ2) is 10.7. The van der Waals surface area contributed by atoms with Crippen LogP contribution in [0.25, 0.3) is 0 Å². The van der Waals surface area contributed by atoms with Crippen LogP contribution in [0.3, 0.4) is 0 Å². The molecule has 0 aliphatic carbocycles. The summed E-state index contributed by atoms with van der Waals surface area (Å²) in [7, 11) is 1.97. The highest BCUT2D eigenvalue weighted by atomic mass is 28.4. The lowest BCUT2D eigenvalue weighted by molar-refractivity contribution is -0.106. The van der Waals surface area contributed by atoms with Crippen LogP contribution in [0.4, 0.5) is 0 Å². The van der Waals surface area contributed by atoms with Crippen molar-refractivity contribution in [1.29, 1.82) is 0 Å². The lowest BCUT2D eigenvalue weighted by Crippen LogP contribution is -2.41. The Morgan fingerprint density at radius 3 is 2.29 bits per heavy atom. The summed E-state index contributed by atoms with van der Waals surface area (Å²) in [6.45, 7) is 9.08. The Kier molecular flexibility index (Phi) is 8.87. The zero-order valence-corrected chi connectivity index (χ0v) is 19.7. The van der Waals surface area contributed by atoms with E-state index in [9.17, 15) is 0 Å². The van der Waals surface area contributed by atoms with E-state index in [0.717, 1.165) is 37.0 Å². The maximum Gasteiger partial charge on any atom is 0.192 e. The number of nitrogens with zero attached hydrogens (tertiary/aromatic N) is 1. The normalized spacial score (nSPS) is 23.6. The summed E-state index contributed by atoms with van der Waals surface area (Å²) in [5.74, 6) is 0. The molecular formula is C23H39NO3Si. The second-order valence-electron chi connectivity index (χ2n) is 7.97. The molecule has 1 aliphatic rings. The van der Waals surface area contributed by atoms with Crippen molar-refractivity contribution in [2.24, 2.45) is 4.99 Å². The van der Waals surface area contributed by atoms with Crippen LogP contribution < -0.4 is 0 Å². The molecule has 1 aromatic rings. The number of hydrogen-bond acceptors (Lipinski definition) is 4. The molecule has 3 unspecified atom stereocenters. The monoisotopic (exact) mass is 405 g/mol. The predicted octanol–water partition coefficient (Wildman–Crippen LogP) is 5.82. The lowest BCUT2D eigenvalue weighted by Gasteiger charge is -2.33. The predicted molar refractivity (Wildman–Crippen MR) is 120 cm³/mol. The zero-order valence-electron chi connectivity index (χ0n) is 18.7. The van der Waals surface area contributed by atoms with Gasteiger partial charge in [0.2, 0.25) is 0 Å². The average molecular weight is 406 g/mol. The summed E-state index contributed by atoms with van der Waals surface area (Å²) in [4.78, 5) is 5.02. The molecule has 0 saturated heterocycles. The fourth-order valence-electron chi connectivity index (χ4n) is 4.39. The van der Waals surface area contributed by atoms with Crippen molar-refractivity contribution in [2.75, 3.05) is 14.2 Å². The lowest BCUT2D eigenvalue weighted by atomic mass is 9.97. The van der Waals surface area contributed by atoms with Crippen molar-refractivity contribution in [3.63, 3.8) is 0 Å². The Hall–Kier alpha value is -1.01. The number of methoxy groups -OCH3 is 2. The van der Waals surface area contributed by atoms with E-state index in [2.05, 4.69) is 52.0 Å². The Labute approximate surface area is 172 Å². The smallest absolute Gasteiger partial charge is 0.192 e. The first-order valence-corrected chi connectivity index (χ1v) is 13.4. The first kappa shape index (κ1) is 23.3. The molecule has 3 atom stereocenters. The van der Waals surface area contributed by atoms with E-state index in [1.54, 1.807) is 14.2 Å². The van der Waals surface area contributed by atoms with Crippen LogP contribution in [0, 0.1) is 0 Å². The summed E-state index contributed by atoms with van der Waals surface area (Å²) in [5.41, 5.74) is 1.65. The molecule has 0 bridgehead atoms. The number of ether oxygens (including phenoxy) is 2. The van der Waals surface area contributed by atoms with Gasteiger partial charge in [-0.25, -0.2) is 0 Å². The number of aliphatic imine (C=N–C) groups is 1. The third kappa shape index (κ3) is 5.32. The molecule has 0 aromatic heterocycles. The van der Waals surface area contributed by atoms with E-state index >= 15 is 0 Å². The molecule has 0 amide bonds. The van der Waals surface area contributed by atoms with Crippen molar-refractivity contribution in [1.82, 2.24) is 0 Å². The molecule has 1 aliphatic heterocycles. The van der Waals surface area contributed by atoms with Gasteiger partial charge in [-0.15, -0.1) is 0 Å². The van der Waals surface area contributed by atoms with E-state index in [4.69, 9.17) is 18.9 Å². The van der Waals surface area contributed by atoms with Crippen LogP contribution in [0.15, 0.2) is 35.3 Å². The first-order valence-electron chi connectivity index (χ1n) is 10.9. The van der Waals surface area contributed by atoms with Crippen molar-refractivity contribution >= 4 is 14.0 Å². The highest BCUT2D eigenvalue weighted by Gasteiger charge is 2.44. The van der Waals surface area contributed by atoms with Crippen molar-refractivity contribution in [2.45, 2.75) is 89.4 Å². The Morgan fingerprint density at radius 1 is 1.11 bits per heavy atom. The number of hydrogen-bond donors (Lipinski definition) is 0. The van der Waals surface area contributed by atoms with Crippen LogP contribution in [-0.2, 0) is 13.9 Å². The van der Waals surface area contributed by atoms with Gasteiger partial charge in [-0.05, 0) is 49.9 Å². The number of rotatable bonds is 12. The molecule has 1 heterocycles. The van der Waals surface area contributed by atoms with Gasteiger partial charge in [0.05, 0.1) is 0 Å². The van der Waals surface area contributed by atoms with Crippen LogP contribution in [0.1, 0.15) is 58.9 Å². The van der Waals surface area contributed by atoms with Gasteiger partial charge in [-0.1, -0.05) is 51.1 Å². The van der Waals surface area contributed by atoms with Gasteiger partial charge in [0.25, 0.3) is 0 Å². The Morgan fingerprint density at radius 2 is 1.75 bits per heavy atom. The molecule has 0 saturated carbocycles. The SMILES string of the molecule is CC[Si](CC)(CC)OC(C)CCCC1(OC)N=C(c2ccccc2)CC1OC. The highest BCUT2D eigenvalue weighted by molar-refractivity contribution is 6.73. The summed E-state index contributed by atoms with van der Waals surface area (Å²) < 4.78 is 18.3. The van der Waals surface area contributed by atoms with E-state index in [-0.39, 0.29) is 6.10 Å². The van der Waals surface area contributed by atoms with Crippen LogP contribution in [-0.4, -0.2) is 46.2 Å². The third-order valence-electron chi connectivity index (χ3n) is 6.48. The minimum Gasteiger partial charge on any atom is -0.414 e. The fraction of sp³-hybridized carbons (Fsp3) is 0.696. The Balaban J connectivity index is 2.02. The van der Waals surface area contributed by atoms with Gasteiger partial charge in [0, 0.05) is 32.5 Å². The zero-order chi connectivity index (χ0) is 20.6. The summed E-state index contributed by atoms with van der Waals surface area (Å²) >= 11 is 0. The standard InChI is InChI=1S/C23H39NO3Si/c1-7-28(8-2,9-3)27-19(4)14-13-17-23(26-6)22(25-5)18-21(24-23)20-15-11-10-12-16-20/h10-12,15-16,19,22H,7-9,13-14,17-18H2,1-6H3. The van der Waals surface area contributed by atoms with Crippen molar-refractivity contribution in [3.05, 3.63) is 35.9 Å². The van der Waals surface area contributed by atoms with Crippen LogP contribution >= 0.6 is 0 Å². The van der Waals surface area contributed by atoms with Gasteiger partial charge in [0.1, 0.15) is 6.10 Å². The van der Waals surface area contributed by atoms with Gasteiger partial charge in [-0.3, -0.25) is 4.99 Å². The number of benzene rings is 1. The molecular weight excluding hydrogens is 366 g/mol. The largest absolute Gasteiger partial charge is 0.414 e. The molecule has 0 radical (unpaired) electrons. The van der Waals surface area contributed by atoms with Crippen LogP contribution in [0.5, 0.6) is 0 Å². The van der Waals surface area contributed by atoms with Gasteiger partial charge in [0.15, 0.2) is 14.0 Å². The maximum atomic E-state index is 6.59. The van der Waals surface area contributed by atoms with Crippen molar-refractivity contribution < 1.29 is 13.9 Å². The molecule has 28 heavy (non-hydrogen) atoms. The maximum absolute atomic E-state index is 6.59. The fourth-order valence-corrected chi connectivity index (χ4v) is 7.36. The average Bonchev–Trinajstić information content (AvgIpc) is 3.12. The summed E-state index contributed by atoms with van der Waals surface area (Å²) in [6, 6.07) is 13.9.